The second kappa shape index (κ2) is 13.3. The van der Waals surface area contributed by atoms with Gasteiger partial charge in [0.15, 0.2) is 0 Å². The molecular formula is C29H35N3O4S2. The van der Waals surface area contributed by atoms with E-state index in [2.05, 4.69) is 64.5 Å². The Kier molecular flexibility index (Phi) is 9.82. The standard InChI is InChI=1S/C25H31N3S2.C4H4O4/c1-18(17-27-13-4-5-14-27)28-21-9-2-3-10-23(21)30-24-12-11-20(15-22(24)28)25(29)26-16-19-7-6-8-19;5-3(6)1-2-4(7)8/h2-3,9-12,15,18-19H,4-8,13-14,16-17H2,1H3,(H,26,29);1-2H,(H,5,6)(H,7,8)/b;2-1+. The molecule has 1 unspecified atom stereocenters. The molecular weight excluding hydrogens is 518 g/mol. The van der Waals surface area contributed by atoms with Gasteiger partial charge < -0.3 is 25.3 Å². The van der Waals surface area contributed by atoms with Crippen LogP contribution in [0.5, 0.6) is 0 Å². The van der Waals surface area contributed by atoms with E-state index >= 15 is 0 Å². The summed E-state index contributed by atoms with van der Waals surface area (Å²) in [7, 11) is 0. The van der Waals surface area contributed by atoms with E-state index in [9.17, 15) is 9.59 Å². The van der Waals surface area contributed by atoms with Gasteiger partial charge in [-0.3, -0.25) is 0 Å². The number of anilines is 2. The van der Waals surface area contributed by atoms with Crippen molar-refractivity contribution in [1.82, 2.24) is 10.2 Å². The summed E-state index contributed by atoms with van der Waals surface area (Å²) >= 11 is 7.65. The molecule has 202 valence electrons. The molecule has 2 aromatic carbocycles. The third kappa shape index (κ3) is 7.36. The summed E-state index contributed by atoms with van der Waals surface area (Å²) in [4.78, 5) is 27.8. The van der Waals surface area contributed by atoms with Crippen LogP contribution in [0.3, 0.4) is 0 Å². The van der Waals surface area contributed by atoms with Gasteiger partial charge in [-0.15, -0.1) is 0 Å². The molecule has 0 radical (unpaired) electrons. The van der Waals surface area contributed by atoms with Gasteiger partial charge in [0.05, 0.1) is 11.4 Å². The first-order chi connectivity index (χ1) is 18.3. The number of carbonyl (C=O) groups is 2. The zero-order valence-electron chi connectivity index (χ0n) is 21.6. The fraction of sp³-hybridized carbons (Fsp3) is 0.414. The molecule has 7 nitrogen and oxygen atoms in total. The average Bonchev–Trinajstić information content (AvgIpc) is 3.38. The first kappa shape index (κ1) is 28.1. The summed E-state index contributed by atoms with van der Waals surface area (Å²) in [6, 6.07) is 16.0. The number of aliphatic carboxylic acids is 2. The summed E-state index contributed by atoms with van der Waals surface area (Å²) in [6.07, 6.45) is 7.84. The van der Waals surface area contributed by atoms with Gasteiger partial charge >= 0.3 is 11.9 Å². The Balaban J connectivity index is 0.000000368. The number of likely N-dealkylation sites (tertiary alicyclic amines) is 1. The monoisotopic (exact) mass is 553 g/mol. The molecule has 2 aromatic rings. The van der Waals surface area contributed by atoms with Crippen molar-refractivity contribution in [2.75, 3.05) is 31.1 Å². The number of rotatable bonds is 8. The van der Waals surface area contributed by atoms with E-state index < -0.39 is 11.9 Å². The number of hydrogen-bond donors (Lipinski definition) is 3. The van der Waals surface area contributed by atoms with Crippen LogP contribution in [0.1, 0.15) is 44.6 Å². The van der Waals surface area contributed by atoms with E-state index in [4.69, 9.17) is 22.4 Å². The minimum absolute atomic E-state index is 0.413. The lowest BCUT2D eigenvalue weighted by atomic mass is 9.85. The second-order valence-corrected chi connectivity index (χ2v) is 11.5. The lowest BCUT2D eigenvalue weighted by molar-refractivity contribution is -0.134. The smallest absolute Gasteiger partial charge is 0.328 e. The van der Waals surface area contributed by atoms with E-state index in [1.807, 2.05) is 11.8 Å². The third-order valence-electron chi connectivity index (χ3n) is 7.13. The molecule has 3 aliphatic rings. The van der Waals surface area contributed by atoms with Crippen LogP contribution in [0.2, 0.25) is 0 Å². The molecule has 5 rings (SSSR count). The molecule has 0 spiro atoms. The Hall–Kier alpha value is -2.88. The molecule has 1 aliphatic carbocycles. The van der Waals surface area contributed by atoms with Crippen molar-refractivity contribution in [1.29, 1.82) is 0 Å². The van der Waals surface area contributed by atoms with Crippen LogP contribution in [0.4, 0.5) is 11.4 Å². The Bertz CT molecular complexity index is 1180. The SMILES string of the molecule is CC(CN1CCCC1)N1c2ccccc2Sc2ccc(C(=S)NCC3CCC3)cc21.O=C(O)/C=C/C(=O)O. The first-order valence-electron chi connectivity index (χ1n) is 13.2. The van der Waals surface area contributed by atoms with Crippen LogP contribution in [-0.4, -0.2) is 64.3 Å². The van der Waals surface area contributed by atoms with E-state index in [1.54, 1.807) is 0 Å². The number of fused-ring (bicyclic) bond motifs is 2. The zero-order chi connectivity index (χ0) is 27.1. The van der Waals surface area contributed by atoms with Crippen molar-refractivity contribution in [3.8, 4) is 0 Å². The van der Waals surface area contributed by atoms with Gasteiger partial charge in [-0.2, -0.15) is 0 Å². The lowest BCUT2D eigenvalue weighted by Crippen LogP contribution is -2.40. The Labute approximate surface area is 233 Å². The molecule has 38 heavy (non-hydrogen) atoms. The molecule has 1 saturated heterocycles. The topological polar surface area (TPSA) is 93.1 Å². The highest BCUT2D eigenvalue weighted by Crippen LogP contribution is 2.49. The number of nitrogens with one attached hydrogen (secondary N) is 1. The fourth-order valence-electron chi connectivity index (χ4n) is 5.00. The predicted molar refractivity (Wildman–Crippen MR) is 156 cm³/mol. The number of nitrogens with zero attached hydrogens (tertiary/aromatic N) is 2. The molecule has 0 bridgehead atoms. The van der Waals surface area contributed by atoms with Gasteiger partial charge in [-0.1, -0.05) is 48.6 Å². The molecule has 0 aromatic heterocycles. The number of carboxylic acid groups (broad SMARTS) is 2. The molecule has 1 saturated carbocycles. The molecule has 3 N–H and O–H groups in total. The highest BCUT2D eigenvalue weighted by atomic mass is 32.2. The van der Waals surface area contributed by atoms with E-state index in [0.717, 1.165) is 29.6 Å². The Morgan fingerprint density at radius 3 is 2.32 bits per heavy atom. The molecule has 2 fully saturated rings. The van der Waals surface area contributed by atoms with Crippen molar-refractivity contribution < 1.29 is 19.8 Å². The summed E-state index contributed by atoms with van der Waals surface area (Å²) < 4.78 is 0. The molecule has 1 atom stereocenters. The fourth-order valence-corrected chi connectivity index (χ4v) is 6.26. The number of thiocarbonyl (C=S) groups is 1. The maximum atomic E-state index is 9.55. The highest BCUT2D eigenvalue weighted by molar-refractivity contribution is 7.99. The van der Waals surface area contributed by atoms with Crippen molar-refractivity contribution in [3.05, 3.63) is 60.2 Å². The van der Waals surface area contributed by atoms with E-state index in [0.29, 0.717) is 18.2 Å². The largest absolute Gasteiger partial charge is 0.478 e. The lowest BCUT2D eigenvalue weighted by Gasteiger charge is -2.39. The molecule has 9 heteroatoms. The van der Waals surface area contributed by atoms with Gasteiger partial charge in [0.2, 0.25) is 0 Å². The molecule has 2 aliphatic heterocycles. The number of carboxylic acids is 2. The maximum absolute atomic E-state index is 9.55. The number of benzene rings is 2. The van der Waals surface area contributed by atoms with Crippen molar-refractivity contribution in [2.45, 2.75) is 54.9 Å². The van der Waals surface area contributed by atoms with Crippen molar-refractivity contribution in [3.63, 3.8) is 0 Å². The third-order valence-corrected chi connectivity index (χ3v) is 8.64. The van der Waals surface area contributed by atoms with Crippen LogP contribution in [0, 0.1) is 5.92 Å². The maximum Gasteiger partial charge on any atom is 0.328 e. The summed E-state index contributed by atoms with van der Waals surface area (Å²) in [5.41, 5.74) is 3.77. The minimum Gasteiger partial charge on any atom is -0.478 e. The van der Waals surface area contributed by atoms with Crippen LogP contribution in [0.15, 0.2) is 64.4 Å². The van der Waals surface area contributed by atoms with Gasteiger partial charge in [0.25, 0.3) is 0 Å². The van der Waals surface area contributed by atoms with E-state index in [-0.39, 0.29) is 0 Å². The Morgan fingerprint density at radius 2 is 1.68 bits per heavy atom. The normalized spacial score (nSPS) is 17.6. The number of hydrogen-bond acceptors (Lipinski definition) is 6. The molecule has 0 amide bonds. The van der Waals surface area contributed by atoms with Crippen molar-refractivity contribution >= 4 is 52.3 Å². The number of para-hydroxylation sites is 1. The van der Waals surface area contributed by atoms with E-state index in [1.165, 1.54) is 66.4 Å². The second-order valence-electron chi connectivity index (χ2n) is 10.00. The predicted octanol–water partition coefficient (Wildman–Crippen LogP) is 5.55. The van der Waals surface area contributed by atoms with Crippen molar-refractivity contribution in [2.24, 2.45) is 5.92 Å². The van der Waals surface area contributed by atoms with Crippen LogP contribution in [-0.2, 0) is 9.59 Å². The zero-order valence-corrected chi connectivity index (χ0v) is 23.3. The minimum atomic E-state index is -1.26. The van der Waals surface area contributed by atoms with Gasteiger partial charge in [0, 0.05) is 46.6 Å². The summed E-state index contributed by atoms with van der Waals surface area (Å²) in [6.45, 7) is 6.96. The highest BCUT2D eigenvalue weighted by Gasteiger charge is 2.29. The van der Waals surface area contributed by atoms with Gasteiger partial charge in [-0.05, 0) is 75.9 Å². The summed E-state index contributed by atoms with van der Waals surface area (Å²) in [5.74, 6) is -1.71. The van der Waals surface area contributed by atoms with Crippen LogP contribution >= 0.6 is 24.0 Å². The van der Waals surface area contributed by atoms with Crippen LogP contribution in [0.25, 0.3) is 0 Å². The first-order valence-corrected chi connectivity index (χ1v) is 14.4. The summed E-state index contributed by atoms with van der Waals surface area (Å²) in [5, 5.41) is 19.2. The van der Waals surface area contributed by atoms with Crippen LogP contribution < -0.4 is 10.2 Å². The Morgan fingerprint density at radius 1 is 1.03 bits per heavy atom. The van der Waals surface area contributed by atoms with Gasteiger partial charge in [-0.25, -0.2) is 9.59 Å². The average molecular weight is 554 g/mol. The molecule has 2 heterocycles. The quantitative estimate of drug-likeness (QED) is 0.287. The van der Waals surface area contributed by atoms with Gasteiger partial charge in [0.1, 0.15) is 4.99 Å².